The zero-order valence-corrected chi connectivity index (χ0v) is 12.4. The second-order valence-electron chi connectivity index (χ2n) is 5.04. The fraction of sp³-hybridized carbons (Fsp3) is 0.533. The molecule has 0 aliphatic carbocycles. The van der Waals surface area contributed by atoms with Crippen LogP contribution in [-0.4, -0.2) is 19.1 Å². The summed E-state index contributed by atoms with van der Waals surface area (Å²) in [5.74, 6) is -0.376. The Balaban J connectivity index is 2.73. The third-order valence-electron chi connectivity index (χ3n) is 3.59. The molecular formula is C15H23FN2O2. The summed E-state index contributed by atoms with van der Waals surface area (Å²) in [6, 6.07) is 3.77. The lowest BCUT2D eigenvalue weighted by atomic mass is 9.98. The molecule has 0 saturated heterocycles. The Morgan fingerprint density at radius 1 is 1.45 bits per heavy atom. The van der Waals surface area contributed by atoms with Gasteiger partial charge in [0.25, 0.3) is 0 Å². The van der Waals surface area contributed by atoms with Crippen molar-refractivity contribution in [3.8, 4) is 5.75 Å². The third kappa shape index (κ3) is 3.93. The van der Waals surface area contributed by atoms with Crippen molar-refractivity contribution in [2.45, 2.75) is 39.3 Å². The number of amides is 1. The molecule has 1 rings (SSSR count). The van der Waals surface area contributed by atoms with Gasteiger partial charge in [-0.2, -0.15) is 0 Å². The lowest BCUT2D eigenvalue weighted by molar-refractivity contribution is -0.124. The molecule has 0 radical (unpaired) electrons. The van der Waals surface area contributed by atoms with Gasteiger partial charge in [-0.15, -0.1) is 0 Å². The average Bonchev–Trinajstić information content (AvgIpc) is 2.45. The number of benzene rings is 1. The van der Waals surface area contributed by atoms with Crippen LogP contribution < -0.4 is 15.8 Å². The van der Waals surface area contributed by atoms with Crippen LogP contribution in [0.15, 0.2) is 18.2 Å². The second-order valence-corrected chi connectivity index (χ2v) is 5.04. The van der Waals surface area contributed by atoms with Gasteiger partial charge in [0.15, 0.2) is 11.6 Å². The van der Waals surface area contributed by atoms with Gasteiger partial charge in [0.1, 0.15) is 0 Å². The minimum atomic E-state index is -0.550. The molecule has 1 amide bonds. The van der Waals surface area contributed by atoms with E-state index in [0.717, 1.165) is 6.42 Å². The van der Waals surface area contributed by atoms with Crippen LogP contribution in [0, 0.1) is 11.7 Å². The highest BCUT2D eigenvalue weighted by Gasteiger charge is 2.21. The molecule has 0 aromatic heterocycles. The number of hydrogen-bond acceptors (Lipinski definition) is 3. The van der Waals surface area contributed by atoms with Crippen molar-refractivity contribution in [2.24, 2.45) is 11.7 Å². The topological polar surface area (TPSA) is 64.4 Å². The molecule has 1 aromatic carbocycles. The normalized spacial score (nSPS) is 15.3. The SMILES string of the molecule is CCC(C)C(N)C(=O)NC(C)c1ccc(OC)c(F)c1. The van der Waals surface area contributed by atoms with Crippen molar-refractivity contribution in [2.75, 3.05) is 7.11 Å². The van der Waals surface area contributed by atoms with Gasteiger partial charge in [0, 0.05) is 0 Å². The number of nitrogens with one attached hydrogen (secondary N) is 1. The number of halogens is 1. The first-order chi connectivity index (χ1) is 9.40. The molecule has 3 N–H and O–H groups in total. The summed E-state index contributed by atoms with van der Waals surface area (Å²) in [6.45, 7) is 5.71. The summed E-state index contributed by atoms with van der Waals surface area (Å²) in [5.41, 5.74) is 6.54. The zero-order valence-electron chi connectivity index (χ0n) is 12.4. The van der Waals surface area contributed by atoms with Crippen LogP contribution in [0.1, 0.15) is 38.8 Å². The van der Waals surface area contributed by atoms with Crippen LogP contribution in [0.4, 0.5) is 4.39 Å². The van der Waals surface area contributed by atoms with Crippen molar-refractivity contribution in [3.05, 3.63) is 29.6 Å². The first kappa shape index (κ1) is 16.4. The highest BCUT2D eigenvalue weighted by Crippen LogP contribution is 2.21. The Morgan fingerprint density at radius 2 is 2.10 bits per heavy atom. The smallest absolute Gasteiger partial charge is 0.237 e. The molecule has 4 nitrogen and oxygen atoms in total. The average molecular weight is 282 g/mol. The molecule has 0 aliphatic rings. The molecule has 3 unspecified atom stereocenters. The number of carbonyl (C=O) groups is 1. The maximum Gasteiger partial charge on any atom is 0.237 e. The molecule has 5 heteroatoms. The van der Waals surface area contributed by atoms with Gasteiger partial charge in [0.2, 0.25) is 5.91 Å². The number of carbonyl (C=O) groups excluding carboxylic acids is 1. The first-order valence-electron chi connectivity index (χ1n) is 6.80. The van der Waals surface area contributed by atoms with Gasteiger partial charge in [-0.25, -0.2) is 4.39 Å². The lowest BCUT2D eigenvalue weighted by Gasteiger charge is -2.21. The Labute approximate surface area is 119 Å². The largest absolute Gasteiger partial charge is 0.494 e. The second kappa shape index (κ2) is 7.24. The lowest BCUT2D eigenvalue weighted by Crippen LogP contribution is -2.45. The Kier molecular flexibility index (Phi) is 5.95. The molecule has 0 aliphatic heterocycles. The minimum absolute atomic E-state index is 0.106. The highest BCUT2D eigenvalue weighted by atomic mass is 19.1. The molecule has 112 valence electrons. The van der Waals surface area contributed by atoms with Crippen LogP contribution >= 0.6 is 0 Å². The van der Waals surface area contributed by atoms with Gasteiger partial charge in [-0.05, 0) is 30.5 Å². The summed E-state index contributed by atoms with van der Waals surface area (Å²) in [7, 11) is 1.41. The highest BCUT2D eigenvalue weighted by molar-refractivity contribution is 5.82. The van der Waals surface area contributed by atoms with E-state index in [4.69, 9.17) is 10.5 Å². The van der Waals surface area contributed by atoms with E-state index < -0.39 is 11.9 Å². The molecule has 0 heterocycles. The van der Waals surface area contributed by atoms with Crippen LogP contribution in [0.2, 0.25) is 0 Å². The van der Waals surface area contributed by atoms with Gasteiger partial charge in [-0.1, -0.05) is 26.3 Å². The zero-order chi connectivity index (χ0) is 15.3. The molecule has 0 bridgehead atoms. The van der Waals surface area contributed by atoms with E-state index in [0.29, 0.717) is 5.56 Å². The molecule has 3 atom stereocenters. The standard InChI is InChI=1S/C15H23FN2O2/c1-5-9(2)14(17)15(19)18-10(3)11-6-7-13(20-4)12(16)8-11/h6-10,14H,5,17H2,1-4H3,(H,18,19). The minimum Gasteiger partial charge on any atom is -0.494 e. The van der Waals surface area contributed by atoms with Gasteiger partial charge >= 0.3 is 0 Å². The van der Waals surface area contributed by atoms with Crippen molar-refractivity contribution < 1.29 is 13.9 Å². The maximum absolute atomic E-state index is 13.6. The van der Waals surface area contributed by atoms with Crippen LogP contribution in [0.3, 0.4) is 0 Å². The number of rotatable bonds is 6. The molecule has 20 heavy (non-hydrogen) atoms. The first-order valence-corrected chi connectivity index (χ1v) is 6.80. The maximum atomic E-state index is 13.6. The van der Waals surface area contributed by atoms with E-state index >= 15 is 0 Å². The molecule has 0 saturated carbocycles. The molecule has 1 aromatic rings. The monoisotopic (exact) mass is 282 g/mol. The van der Waals surface area contributed by atoms with Gasteiger partial charge in [0.05, 0.1) is 19.2 Å². The van der Waals surface area contributed by atoms with Crippen LogP contribution in [-0.2, 0) is 4.79 Å². The molecule has 0 fully saturated rings. The van der Waals surface area contributed by atoms with Gasteiger partial charge < -0.3 is 15.8 Å². The van der Waals surface area contributed by atoms with Crippen molar-refractivity contribution in [1.29, 1.82) is 0 Å². The van der Waals surface area contributed by atoms with Crippen molar-refractivity contribution >= 4 is 5.91 Å². The fourth-order valence-corrected chi connectivity index (χ4v) is 1.86. The van der Waals surface area contributed by atoms with Crippen LogP contribution in [0.5, 0.6) is 5.75 Å². The molecule has 0 spiro atoms. The molecular weight excluding hydrogens is 259 g/mol. The third-order valence-corrected chi connectivity index (χ3v) is 3.59. The van der Waals surface area contributed by atoms with Gasteiger partial charge in [-0.3, -0.25) is 4.79 Å². The Hall–Kier alpha value is -1.62. The number of methoxy groups -OCH3 is 1. The summed E-state index contributed by atoms with van der Waals surface area (Å²) >= 11 is 0. The van der Waals surface area contributed by atoms with E-state index in [1.165, 1.54) is 13.2 Å². The summed E-state index contributed by atoms with van der Waals surface area (Å²) in [5, 5.41) is 2.80. The number of nitrogens with two attached hydrogens (primary N) is 1. The quantitative estimate of drug-likeness (QED) is 0.842. The van der Waals surface area contributed by atoms with Crippen molar-refractivity contribution in [1.82, 2.24) is 5.32 Å². The Morgan fingerprint density at radius 3 is 2.60 bits per heavy atom. The predicted molar refractivity (Wildman–Crippen MR) is 76.9 cm³/mol. The predicted octanol–water partition coefficient (Wildman–Crippen LogP) is 2.38. The van der Waals surface area contributed by atoms with E-state index in [1.54, 1.807) is 19.1 Å². The van der Waals surface area contributed by atoms with Crippen LogP contribution in [0.25, 0.3) is 0 Å². The van der Waals surface area contributed by atoms with E-state index in [-0.39, 0.29) is 23.6 Å². The summed E-state index contributed by atoms with van der Waals surface area (Å²) in [4.78, 5) is 12.0. The van der Waals surface area contributed by atoms with E-state index in [9.17, 15) is 9.18 Å². The number of ether oxygens (including phenoxy) is 1. The number of hydrogen-bond donors (Lipinski definition) is 2. The van der Waals surface area contributed by atoms with E-state index in [1.807, 2.05) is 13.8 Å². The summed E-state index contributed by atoms with van der Waals surface area (Å²) < 4.78 is 18.5. The Bertz CT molecular complexity index is 465. The summed E-state index contributed by atoms with van der Waals surface area (Å²) in [6.07, 6.45) is 0.833. The fourth-order valence-electron chi connectivity index (χ4n) is 1.86. The van der Waals surface area contributed by atoms with E-state index in [2.05, 4.69) is 5.32 Å². The van der Waals surface area contributed by atoms with Crippen molar-refractivity contribution in [3.63, 3.8) is 0 Å².